The molecular formula is C34H27BN2. The van der Waals surface area contributed by atoms with E-state index in [1.165, 1.54) is 66.5 Å². The molecule has 5 aromatic carbocycles. The Morgan fingerprint density at radius 3 is 2.19 bits per heavy atom. The number of nitrogens with zero attached hydrogens (tertiary/aromatic N) is 2. The molecule has 2 aliphatic rings. The fourth-order valence-corrected chi connectivity index (χ4v) is 6.66. The van der Waals surface area contributed by atoms with Crippen LogP contribution in [0.2, 0.25) is 0 Å². The van der Waals surface area contributed by atoms with Crippen LogP contribution in [0.25, 0.3) is 32.9 Å². The van der Waals surface area contributed by atoms with Crippen molar-refractivity contribution >= 4 is 56.6 Å². The van der Waals surface area contributed by atoms with E-state index in [0.29, 0.717) is 0 Å². The molecule has 0 radical (unpaired) electrons. The molecule has 0 aliphatic carbocycles. The standard InChI is InChI=1S/C34H27BN2/c1-34(2,3)22-19-20-30-28(21-22)35-32-25(14-10-18-31(32)36(30)23-11-5-4-6-12-23)27-16-9-15-26-24-13-7-8-17-29(24)37(35)33(26)27/h4-21H,1-3H3. The van der Waals surface area contributed by atoms with Gasteiger partial charge in [-0.3, -0.25) is 0 Å². The highest BCUT2D eigenvalue weighted by atomic mass is 15.2. The van der Waals surface area contributed by atoms with Gasteiger partial charge in [-0.2, -0.15) is 0 Å². The summed E-state index contributed by atoms with van der Waals surface area (Å²) in [6.07, 6.45) is 0. The summed E-state index contributed by atoms with van der Waals surface area (Å²) in [5.41, 5.74) is 13.2. The normalized spacial score (nSPS) is 13.7. The molecule has 2 nitrogen and oxygen atoms in total. The van der Waals surface area contributed by atoms with Gasteiger partial charge in [0, 0.05) is 44.4 Å². The third kappa shape index (κ3) is 2.72. The van der Waals surface area contributed by atoms with Crippen LogP contribution >= 0.6 is 0 Å². The SMILES string of the molecule is CC(C)(C)c1ccc2c(c1)B1c3c(cccc3N2c2ccccc2)-c2cccc3c4ccccc4n1c23. The van der Waals surface area contributed by atoms with Crippen molar-refractivity contribution in [1.82, 2.24) is 4.48 Å². The van der Waals surface area contributed by atoms with Gasteiger partial charge in [-0.25, -0.2) is 0 Å². The molecule has 2 aliphatic heterocycles. The molecule has 0 amide bonds. The Morgan fingerprint density at radius 1 is 0.622 bits per heavy atom. The molecule has 0 saturated carbocycles. The molecule has 37 heavy (non-hydrogen) atoms. The van der Waals surface area contributed by atoms with Gasteiger partial charge >= 0.3 is 6.85 Å². The molecule has 0 N–H and O–H groups in total. The Balaban J connectivity index is 1.57. The van der Waals surface area contributed by atoms with Gasteiger partial charge in [0.15, 0.2) is 0 Å². The number of para-hydroxylation sites is 3. The number of aromatic nitrogens is 1. The van der Waals surface area contributed by atoms with Crippen LogP contribution < -0.4 is 15.8 Å². The highest BCUT2D eigenvalue weighted by molar-refractivity contribution is 6.90. The average Bonchev–Trinajstić information content (AvgIpc) is 3.26. The summed E-state index contributed by atoms with van der Waals surface area (Å²) in [7, 11) is 0. The van der Waals surface area contributed by atoms with Gasteiger partial charge in [0.05, 0.1) is 0 Å². The lowest BCUT2D eigenvalue weighted by molar-refractivity contribution is 0.591. The zero-order chi connectivity index (χ0) is 24.9. The molecule has 6 aromatic rings. The first-order chi connectivity index (χ1) is 18.0. The van der Waals surface area contributed by atoms with Crippen LogP contribution in [0, 0.1) is 0 Å². The number of hydrogen-bond acceptors (Lipinski definition) is 1. The number of hydrogen-bond donors (Lipinski definition) is 0. The van der Waals surface area contributed by atoms with Crippen molar-refractivity contribution in [3.8, 4) is 11.1 Å². The van der Waals surface area contributed by atoms with Crippen LogP contribution in [0.3, 0.4) is 0 Å². The van der Waals surface area contributed by atoms with E-state index in [9.17, 15) is 0 Å². The maximum Gasteiger partial charge on any atom is 0.333 e. The largest absolute Gasteiger partial charge is 0.375 e. The minimum Gasteiger partial charge on any atom is -0.375 e. The van der Waals surface area contributed by atoms with Gasteiger partial charge in [0.25, 0.3) is 0 Å². The number of rotatable bonds is 1. The van der Waals surface area contributed by atoms with Crippen LogP contribution in [0.5, 0.6) is 0 Å². The quantitative estimate of drug-likeness (QED) is 0.224. The summed E-state index contributed by atoms with van der Waals surface area (Å²) in [4.78, 5) is 2.47. The molecule has 1 aromatic heterocycles. The topological polar surface area (TPSA) is 8.17 Å². The lowest BCUT2D eigenvalue weighted by Crippen LogP contribution is -2.56. The first-order valence-electron chi connectivity index (χ1n) is 13.2. The van der Waals surface area contributed by atoms with Crippen LogP contribution in [0.15, 0.2) is 109 Å². The third-order valence-corrected chi connectivity index (χ3v) is 8.32. The second-order valence-electron chi connectivity index (χ2n) is 11.4. The fourth-order valence-electron chi connectivity index (χ4n) is 6.66. The van der Waals surface area contributed by atoms with E-state index in [-0.39, 0.29) is 12.3 Å². The van der Waals surface area contributed by atoms with Gasteiger partial charge in [-0.1, -0.05) is 99.6 Å². The Bertz CT molecular complexity index is 1870. The van der Waals surface area contributed by atoms with Crippen molar-refractivity contribution in [3.63, 3.8) is 0 Å². The van der Waals surface area contributed by atoms with Crippen molar-refractivity contribution < 1.29 is 0 Å². The van der Waals surface area contributed by atoms with Gasteiger partial charge in [0.2, 0.25) is 0 Å². The van der Waals surface area contributed by atoms with E-state index in [0.717, 1.165) is 0 Å². The van der Waals surface area contributed by atoms with E-state index in [1.807, 2.05) is 0 Å². The number of anilines is 3. The van der Waals surface area contributed by atoms with Crippen LogP contribution in [0.1, 0.15) is 26.3 Å². The summed E-state index contributed by atoms with van der Waals surface area (Å²) in [5.74, 6) is 0. The first-order valence-corrected chi connectivity index (χ1v) is 13.2. The van der Waals surface area contributed by atoms with Gasteiger partial charge < -0.3 is 9.38 Å². The zero-order valence-corrected chi connectivity index (χ0v) is 21.4. The minimum atomic E-state index is 0.0626. The minimum absolute atomic E-state index is 0.0626. The van der Waals surface area contributed by atoms with Crippen molar-refractivity contribution in [2.75, 3.05) is 4.90 Å². The number of fused-ring (bicyclic) bond motifs is 7. The molecule has 3 heteroatoms. The molecule has 0 spiro atoms. The van der Waals surface area contributed by atoms with Crippen LogP contribution in [0.4, 0.5) is 17.1 Å². The molecule has 0 saturated heterocycles. The monoisotopic (exact) mass is 474 g/mol. The number of benzene rings is 5. The summed E-state index contributed by atoms with van der Waals surface area (Å²) in [6, 6.07) is 40.5. The highest BCUT2D eigenvalue weighted by Crippen LogP contribution is 2.45. The summed E-state index contributed by atoms with van der Waals surface area (Å²) < 4.78 is 2.62. The lowest BCUT2D eigenvalue weighted by Gasteiger charge is -2.41. The van der Waals surface area contributed by atoms with E-state index in [4.69, 9.17) is 0 Å². The molecule has 176 valence electrons. The van der Waals surface area contributed by atoms with Gasteiger partial charge in [0.1, 0.15) is 0 Å². The maximum atomic E-state index is 2.62. The zero-order valence-electron chi connectivity index (χ0n) is 21.4. The Morgan fingerprint density at radius 2 is 1.35 bits per heavy atom. The molecule has 0 atom stereocenters. The van der Waals surface area contributed by atoms with Crippen LogP contribution in [-0.2, 0) is 5.41 Å². The summed E-state index contributed by atoms with van der Waals surface area (Å²) in [6.45, 7) is 7.04. The Hall–Kier alpha value is -4.24. The summed E-state index contributed by atoms with van der Waals surface area (Å²) >= 11 is 0. The molecule has 8 rings (SSSR count). The molecule has 0 bridgehead atoms. The van der Waals surface area contributed by atoms with Gasteiger partial charge in [-0.15, -0.1) is 0 Å². The van der Waals surface area contributed by atoms with E-state index >= 15 is 0 Å². The third-order valence-electron chi connectivity index (χ3n) is 8.32. The second kappa shape index (κ2) is 7.17. The molecular weight excluding hydrogens is 447 g/mol. The molecule has 0 fully saturated rings. The Labute approximate surface area is 217 Å². The van der Waals surface area contributed by atoms with Gasteiger partial charge in [-0.05, 0) is 57.8 Å². The predicted molar refractivity (Wildman–Crippen MR) is 159 cm³/mol. The molecule has 3 heterocycles. The van der Waals surface area contributed by atoms with Crippen molar-refractivity contribution in [1.29, 1.82) is 0 Å². The summed E-state index contributed by atoms with van der Waals surface area (Å²) in [5, 5.41) is 2.66. The van der Waals surface area contributed by atoms with Crippen molar-refractivity contribution in [2.24, 2.45) is 0 Å². The van der Waals surface area contributed by atoms with E-state index < -0.39 is 0 Å². The fraction of sp³-hybridized carbons (Fsp3) is 0.118. The van der Waals surface area contributed by atoms with Crippen molar-refractivity contribution in [3.05, 3.63) is 115 Å². The second-order valence-corrected chi connectivity index (χ2v) is 11.4. The van der Waals surface area contributed by atoms with Crippen LogP contribution in [-0.4, -0.2) is 11.3 Å². The maximum absolute atomic E-state index is 2.62. The van der Waals surface area contributed by atoms with E-state index in [1.54, 1.807) is 0 Å². The van der Waals surface area contributed by atoms with E-state index in [2.05, 4.69) is 139 Å². The first kappa shape index (κ1) is 20.9. The predicted octanol–water partition coefficient (Wildman–Crippen LogP) is 7.51. The molecule has 0 unspecified atom stereocenters. The smallest absolute Gasteiger partial charge is 0.333 e. The Kier molecular flexibility index (Phi) is 4.05. The highest BCUT2D eigenvalue weighted by Gasteiger charge is 2.42. The van der Waals surface area contributed by atoms with Crippen molar-refractivity contribution in [2.45, 2.75) is 26.2 Å². The average molecular weight is 474 g/mol. The lowest BCUT2D eigenvalue weighted by atomic mass is 9.45.